The van der Waals surface area contributed by atoms with E-state index in [1.54, 1.807) is 0 Å². The smallest absolute Gasteiger partial charge is 0.260 e. The van der Waals surface area contributed by atoms with Crippen LogP contribution in [0, 0.1) is 0 Å². The van der Waals surface area contributed by atoms with E-state index < -0.39 is 0 Å². The summed E-state index contributed by atoms with van der Waals surface area (Å²) in [6.07, 6.45) is 5.11. The summed E-state index contributed by atoms with van der Waals surface area (Å²) in [7, 11) is 0. The molecule has 6 heteroatoms. The van der Waals surface area contributed by atoms with Crippen molar-refractivity contribution in [2.75, 3.05) is 5.32 Å². The molecular formula is C27H24ClN3OS. The van der Waals surface area contributed by atoms with Gasteiger partial charge in [-0.25, -0.2) is 0 Å². The molecule has 4 nitrogen and oxygen atoms in total. The number of amides is 1. The van der Waals surface area contributed by atoms with Gasteiger partial charge in [-0.15, -0.1) is 0 Å². The van der Waals surface area contributed by atoms with Crippen molar-refractivity contribution < 1.29 is 4.79 Å². The lowest BCUT2D eigenvalue weighted by atomic mass is 10.1. The molecule has 5 rings (SSSR count). The number of hydrogen-bond donors (Lipinski definition) is 2. The van der Waals surface area contributed by atoms with Crippen LogP contribution in [0.4, 0.5) is 5.69 Å². The average molecular weight is 474 g/mol. The minimum atomic E-state index is -0.196. The standard InChI is InChI=1S/C27H24ClN3OS/c1-2-18-9-13-22(14-10-18)29-27-30-26(32)25(33-27)15-20-17-31(24-6-4-3-5-23(20)24)16-19-7-11-21(28)12-8-19/h3-15,17,27,29H,2,16H2,1H3,(H,30,32)/b25-15-/t27-/m1/s1. The fourth-order valence-electron chi connectivity index (χ4n) is 4.00. The SMILES string of the molecule is CCc1ccc(N[C@@H]2NC(=O)/C(=C/c3cn(Cc4ccc(Cl)cc4)c4ccccc34)S2)cc1. The minimum Gasteiger partial charge on any atom is -0.357 e. The summed E-state index contributed by atoms with van der Waals surface area (Å²) < 4.78 is 2.22. The van der Waals surface area contributed by atoms with E-state index in [9.17, 15) is 4.79 Å². The Hall–Kier alpha value is -3.15. The summed E-state index contributed by atoms with van der Waals surface area (Å²) in [6, 6.07) is 24.5. The van der Waals surface area contributed by atoms with E-state index in [1.165, 1.54) is 22.9 Å². The molecule has 3 aromatic carbocycles. The second-order valence-electron chi connectivity index (χ2n) is 8.03. The zero-order valence-electron chi connectivity index (χ0n) is 18.2. The zero-order valence-corrected chi connectivity index (χ0v) is 19.8. The lowest BCUT2D eigenvalue weighted by Gasteiger charge is -2.12. The fraction of sp³-hybridized carbons (Fsp3) is 0.148. The highest BCUT2D eigenvalue weighted by Gasteiger charge is 2.27. The molecule has 0 spiro atoms. The Kier molecular flexibility index (Phi) is 6.16. The Morgan fingerprint density at radius 2 is 1.76 bits per heavy atom. The fourth-order valence-corrected chi connectivity index (χ4v) is 5.10. The van der Waals surface area contributed by atoms with Gasteiger partial charge in [0.1, 0.15) is 0 Å². The Morgan fingerprint density at radius 3 is 2.52 bits per heavy atom. The Morgan fingerprint density at radius 1 is 1.03 bits per heavy atom. The third kappa shape index (κ3) is 4.80. The maximum atomic E-state index is 12.7. The first-order valence-corrected chi connectivity index (χ1v) is 12.2. The van der Waals surface area contributed by atoms with Crippen molar-refractivity contribution in [2.24, 2.45) is 0 Å². The highest BCUT2D eigenvalue weighted by atomic mass is 35.5. The first-order chi connectivity index (χ1) is 16.1. The van der Waals surface area contributed by atoms with E-state index >= 15 is 0 Å². The van der Waals surface area contributed by atoms with Crippen molar-refractivity contribution in [3.05, 3.63) is 106 Å². The van der Waals surface area contributed by atoms with Crippen LogP contribution in [0.1, 0.15) is 23.6 Å². The third-order valence-electron chi connectivity index (χ3n) is 5.76. The number of halogens is 1. The summed E-state index contributed by atoms with van der Waals surface area (Å²) in [5.41, 5.74) is 5.42. The predicted molar refractivity (Wildman–Crippen MR) is 139 cm³/mol. The summed E-state index contributed by atoms with van der Waals surface area (Å²) in [4.78, 5) is 13.4. The molecule has 1 fully saturated rings. The van der Waals surface area contributed by atoms with Crippen LogP contribution >= 0.6 is 23.4 Å². The van der Waals surface area contributed by atoms with Gasteiger partial charge < -0.3 is 15.2 Å². The number of nitrogens with one attached hydrogen (secondary N) is 2. The molecule has 0 bridgehead atoms. The van der Waals surface area contributed by atoms with Gasteiger partial charge in [0.05, 0.1) is 4.91 Å². The van der Waals surface area contributed by atoms with Crippen molar-refractivity contribution in [1.29, 1.82) is 0 Å². The first kappa shape index (κ1) is 21.7. The third-order valence-corrected chi connectivity index (χ3v) is 7.04. The molecule has 1 amide bonds. The van der Waals surface area contributed by atoms with E-state index in [4.69, 9.17) is 11.6 Å². The second-order valence-corrected chi connectivity index (χ2v) is 9.61. The molecule has 1 atom stereocenters. The van der Waals surface area contributed by atoms with E-state index in [2.05, 4.69) is 64.7 Å². The van der Waals surface area contributed by atoms with Crippen LogP contribution < -0.4 is 10.6 Å². The lowest BCUT2D eigenvalue weighted by molar-refractivity contribution is -0.116. The number of thioether (sulfide) groups is 1. The van der Waals surface area contributed by atoms with Crippen LogP contribution in [0.2, 0.25) is 5.02 Å². The number of rotatable bonds is 6. The number of carbonyl (C=O) groups excluding carboxylic acids is 1. The molecule has 0 aliphatic carbocycles. The van der Waals surface area contributed by atoms with Crippen LogP contribution in [0.25, 0.3) is 17.0 Å². The number of aromatic nitrogens is 1. The monoisotopic (exact) mass is 473 g/mol. The van der Waals surface area contributed by atoms with Gasteiger partial charge in [0.2, 0.25) is 0 Å². The lowest BCUT2D eigenvalue weighted by Crippen LogP contribution is -2.30. The van der Waals surface area contributed by atoms with Gasteiger partial charge in [-0.3, -0.25) is 4.79 Å². The maximum absolute atomic E-state index is 12.7. The number of benzene rings is 3. The average Bonchev–Trinajstić information content (AvgIpc) is 3.35. The van der Waals surface area contributed by atoms with Crippen LogP contribution in [0.3, 0.4) is 0 Å². The van der Waals surface area contributed by atoms with Gasteiger partial charge in [0.15, 0.2) is 5.50 Å². The topological polar surface area (TPSA) is 46.1 Å². The van der Waals surface area contributed by atoms with Gasteiger partial charge in [-0.1, -0.05) is 72.8 Å². The van der Waals surface area contributed by atoms with Crippen molar-refractivity contribution in [2.45, 2.75) is 25.4 Å². The largest absolute Gasteiger partial charge is 0.357 e. The van der Waals surface area contributed by atoms with E-state index in [1.807, 2.05) is 42.5 Å². The van der Waals surface area contributed by atoms with E-state index in [0.29, 0.717) is 4.91 Å². The number of anilines is 1. The molecule has 1 saturated heterocycles. The number of fused-ring (bicyclic) bond motifs is 1. The van der Waals surface area contributed by atoms with E-state index in [0.717, 1.165) is 40.1 Å². The Labute approximate surface area is 202 Å². The molecule has 166 valence electrons. The minimum absolute atomic E-state index is 0.0581. The summed E-state index contributed by atoms with van der Waals surface area (Å²) in [5, 5.41) is 8.27. The van der Waals surface area contributed by atoms with Gasteiger partial charge in [-0.2, -0.15) is 0 Å². The summed E-state index contributed by atoms with van der Waals surface area (Å²) in [6.45, 7) is 2.87. The van der Waals surface area contributed by atoms with Crippen molar-refractivity contribution >= 4 is 51.9 Å². The number of hydrogen-bond acceptors (Lipinski definition) is 3. The number of nitrogens with zero attached hydrogens (tertiary/aromatic N) is 1. The quantitative estimate of drug-likeness (QED) is 0.314. The highest BCUT2D eigenvalue weighted by molar-refractivity contribution is 8.05. The Bertz CT molecular complexity index is 1330. The zero-order chi connectivity index (χ0) is 22.8. The molecule has 2 heterocycles. The number of aryl methyl sites for hydroxylation is 1. The van der Waals surface area contributed by atoms with E-state index in [-0.39, 0.29) is 11.4 Å². The van der Waals surface area contributed by atoms with Gasteiger partial charge >= 0.3 is 0 Å². The summed E-state index contributed by atoms with van der Waals surface area (Å²) >= 11 is 7.55. The molecule has 2 N–H and O–H groups in total. The van der Waals surface area contributed by atoms with Crippen LogP contribution in [-0.4, -0.2) is 16.0 Å². The van der Waals surface area contributed by atoms with Gasteiger partial charge in [0, 0.05) is 39.9 Å². The number of carbonyl (C=O) groups is 1. The van der Waals surface area contributed by atoms with Crippen molar-refractivity contribution in [3.8, 4) is 0 Å². The Balaban J connectivity index is 1.39. The predicted octanol–water partition coefficient (Wildman–Crippen LogP) is 6.51. The van der Waals surface area contributed by atoms with Crippen LogP contribution in [-0.2, 0) is 17.8 Å². The molecule has 33 heavy (non-hydrogen) atoms. The second kappa shape index (κ2) is 9.38. The van der Waals surface area contributed by atoms with Gasteiger partial charge in [0.25, 0.3) is 5.91 Å². The van der Waals surface area contributed by atoms with Gasteiger partial charge in [-0.05, 0) is 54.0 Å². The van der Waals surface area contributed by atoms with Crippen LogP contribution in [0.15, 0.2) is 83.9 Å². The summed E-state index contributed by atoms with van der Waals surface area (Å²) in [5.74, 6) is -0.0581. The normalized spacial score (nSPS) is 17.0. The molecule has 4 aromatic rings. The maximum Gasteiger partial charge on any atom is 0.260 e. The molecule has 1 aliphatic heterocycles. The molecule has 0 unspecified atom stereocenters. The van der Waals surface area contributed by atoms with Crippen LogP contribution in [0.5, 0.6) is 0 Å². The molecule has 1 aliphatic rings. The number of para-hydroxylation sites is 1. The van der Waals surface area contributed by atoms with Crippen molar-refractivity contribution in [1.82, 2.24) is 9.88 Å². The first-order valence-electron chi connectivity index (χ1n) is 11.0. The molecular weight excluding hydrogens is 450 g/mol. The molecule has 1 aromatic heterocycles. The van der Waals surface area contributed by atoms with Crippen molar-refractivity contribution in [3.63, 3.8) is 0 Å². The highest BCUT2D eigenvalue weighted by Crippen LogP contribution is 2.33. The molecule has 0 radical (unpaired) electrons. The molecule has 0 saturated carbocycles.